The van der Waals surface area contributed by atoms with E-state index in [1.807, 2.05) is 25.1 Å². The second-order valence-corrected chi connectivity index (χ2v) is 11.1. The minimum absolute atomic E-state index is 0.0714. The van der Waals surface area contributed by atoms with E-state index in [1.54, 1.807) is 17.0 Å². The van der Waals surface area contributed by atoms with E-state index >= 15 is 0 Å². The zero-order valence-electron chi connectivity index (χ0n) is 20.6. The summed E-state index contributed by atoms with van der Waals surface area (Å²) in [6, 6.07) is 12.1. The Labute approximate surface area is 212 Å². The number of hydrogen-bond acceptors (Lipinski definition) is 6. The molecule has 1 aromatic carbocycles. The number of hydrogen-bond donors (Lipinski definition) is 1. The van der Waals surface area contributed by atoms with Crippen molar-refractivity contribution in [1.82, 2.24) is 19.5 Å². The monoisotopic (exact) mass is 511 g/mol. The van der Waals surface area contributed by atoms with E-state index in [1.165, 1.54) is 22.5 Å². The predicted molar refractivity (Wildman–Crippen MR) is 138 cm³/mol. The van der Waals surface area contributed by atoms with Crippen LogP contribution >= 0.6 is 0 Å². The number of pyridine rings is 1. The van der Waals surface area contributed by atoms with Gasteiger partial charge in [-0.15, -0.1) is 0 Å². The maximum atomic E-state index is 13.2. The average Bonchev–Trinajstić information content (AvgIpc) is 3.14. The molecular weight excluding hydrogens is 478 g/mol. The third kappa shape index (κ3) is 5.93. The zero-order valence-corrected chi connectivity index (χ0v) is 21.4. The number of piperazine rings is 1. The Morgan fingerprint density at radius 2 is 1.72 bits per heavy atom. The summed E-state index contributed by atoms with van der Waals surface area (Å²) >= 11 is 0. The van der Waals surface area contributed by atoms with Crippen LogP contribution in [0.1, 0.15) is 35.3 Å². The van der Waals surface area contributed by atoms with E-state index in [4.69, 9.17) is 0 Å². The van der Waals surface area contributed by atoms with Crippen molar-refractivity contribution in [3.63, 3.8) is 0 Å². The molecule has 2 fully saturated rings. The molecule has 192 valence electrons. The Balaban J connectivity index is 1.36. The van der Waals surface area contributed by atoms with Crippen LogP contribution in [0.4, 0.5) is 5.82 Å². The lowest BCUT2D eigenvalue weighted by Crippen LogP contribution is -2.49. The molecule has 2 aliphatic heterocycles. The van der Waals surface area contributed by atoms with E-state index in [2.05, 4.69) is 21.8 Å². The SMILES string of the molecule is C=CC(=O)NC1CCCN(S(=O)(=O)c2ccc(C(=O)N3CCN(c4cccc(C)n4)CC3)cc2)CC1. The van der Waals surface area contributed by atoms with Crippen molar-refractivity contribution in [2.75, 3.05) is 44.2 Å². The molecule has 0 bridgehead atoms. The van der Waals surface area contributed by atoms with Crippen LogP contribution in [0.25, 0.3) is 0 Å². The molecule has 2 aromatic rings. The van der Waals surface area contributed by atoms with Crippen molar-refractivity contribution < 1.29 is 18.0 Å². The average molecular weight is 512 g/mol. The number of anilines is 1. The normalized spacial score (nSPS) is 19.4. The van der Waals surface area contributed by atoms with Gasteiger partial charge in [-0.2, -0.15) is 4.31 Å². The van der Waals surface area contributed by atoms with Crippen LogP contribution in [-0.4, -0.2) is 79.7 Å². The molecule has 1 atom stereocenters. The third-order valence-corrected chi connectivity index (χ3v) is 8.64. The minimum atomic E-state index is -3.69. The largest absolute Gasteiger partial charge is 0.353 e. The quantitative estimate of drug-likeness (QED) is 0.597. The Morgan fingerprint density at radius 1 is 1.00 bits per heavy atom. The van der Waals surface area contributed by atoms with Crippen LogP contribution in [0.5, 0.6) is 0 Å². The first-order chi connectivity index (χ1) is 17.3. The molecule has 36 heavy (non-hydrogen) atoms. The van der Waals surface area contributed by atoms with E-state index in [0.717, 1.165) is 11.5 Å². The number of aryl methyl sites for hydroxylation is 1. The van der Waals surface area contributed by atoms with Gasteiger partial charge in [-0.3, -0.25) is 9.59 Å². The smallest absolute Gasteiger partial charge is 0.253 e. The van der Waals surface area contributed by atoms with Crippen molar-refractivity contribution in [3.05, 3.63) is 66.4 Å². The lowest BCUT2D eigenvalue weighted by molar-refractivity contribution is -0.117. The first kappa shape index (κ1) is 25.8. The highest BCUT2D eigenvalue weighted by molar-refractivity contribution is 7.89. The number of benzene rings is 1. The van der Waals surface area contributed by atoms with Gasteiger partial charge in [-0.25, -0.2) is 13.4 Å². The second kappa shape index (κ2) is 11.2. The van der Waals surface area contributed by atoms with Crippen molar-refractivity contribution >= 4 is 27.7 Å². The highest BCUT2D eigenvalue weighted by atomic mass is 32.2. The van der Waals surface area contributed by atoms with Crippen molar-refractivity contribution in [2.45, 2.75) is 37.1 Å². The molecule has 1 unspecified atom stereocenters. The first-order valence-corrected chi connectivity index (χ1v) is 13.7. The van der Waals surface area contributed by atoms with Gasteiger partial charge in [0.1, 0.15) is 5.82 Å². The molecular formula is C26H33N5O4S. The summed E-state index contributed by atoms with van der Waals surface area (Å²) in [7, 11) is -3.69. The summed E-state index contributed by atoms with van der Waals surface area (Å²) < 4.78 is 27.9. The highest BCUT2D eigenvalue weighted by Crippen LogP contribution is 2.22. The van der Waals surface area contributed by atoms with E-state index in [9.17, 15) is 18.0 Å². The number of carbonyl (C=O) groups excluding carboxylic acids is 2. The zero-order chi connectivity index (χ0) is 25.7. The predicted octanol–water partition coefficient (Wildman–Crippen LogP) is 2.20. The Bertz CT molecular complexity index is 1210. The van der Waals surface area contributed by atoms with Gasteiger partial charge in [0.15, 0.2) is 0 Å². The molecule has 10 heteroatoms. The van der Waals surface area contributed by atoms with Gasteiger partial charge in [-0.1, -0.05) is 12.6 Å². The van der Waals surface area contributed by atoms with Gasteiger partial charge in [0, 0.05) is 56.6 Å². The molecule has 0 radical (unpaired) electrons. The molecule has 1 aromatic heterocycles. The van der Waals surface area contributed by atoms with Crippen molar-refractivity contribution in [2.24, 2.45) is 0 Å². The van der Waals surface area contributed by atoms with Crippen LogP contribution in [0.3, 0.4) is 0 Å². The summed E-state index contributed by atoms with van der Waals surface area (Å²) in [4.78, 5) is 33.3. The van der Waals surface area contributed by atoms with Crippen molar-refractivity contribution in [1.29, 1.82) is 0 Å². The summed E-state index contributed by atoms with van der Waals surface area (Å²) in [6.07, 6.45) is 3.14. The first-order valence-electron chi connectivity index (χ1n) is 12.3. The number of sulfonamides is 1. The Kier molecular flexibility index (Phi) is 8.05. The number of carbonyl (C=O) groups is 2. The number of aromatic nitrogens is 1. The number of nitrogens with zero attached hydrogens (tertiary/aromatic N) is 4. The molecule has 1 N–H and O–H groups in total. The van der Waals surface area contributed by atoms with Crippen molar-refractivity contribution in [3.8, 4) is 0 Å². The molecule has 3 heterocycles. The van der Waals surface area contributed by atoms with Gasteiger partial charge >= 0.3 is 0 Å². The van der Waals surface area contributed by atoms with Crippen LogP contribution < -0.4 is 10.2 Å². The molecule has 4 rings (SSSR count). The maximum Gasteiger partial charge on any atom is 0.253 e. The number of amides is 2. The Hall–Kier alpha value is -3.24. The summed E-state index contributed by atoms with van der Waals surface area (Å²) in [5.41, 5.74) is 1.43. The maximum absolute atomic E-state index is 13.2. The van der Waals surface area contributed by atoms with Crippen LogP contribution in [0.2, 0.25) is 0 Å². The van der Waals surface area contributed by atoms with Gasteiger partial charge in [-0.05, 0) is 68.7 Å². The molecule has 0 spiro atoms. The fraction of sp³-hybridized carbons (Fsp3) is 0.423. The lowest BCUT2D eigenvalue weighted by Gasteiger charge is -2.35. The summed E-state index contributed by atoms with van der Waals surface area (Å²) in [5.74, 6) is 0.566. The number of rotatable bonds is 6. The standard InChI is InChI=1S/C26H33N5O4S/c1-3-25(32)28-22-7-5-14-31(15-13-22)36(34,35)23-11-9-21(10-12-23)26(33)30-18-16-29(17-19-30)24-8-4-6-20(2)27-24/h3-4,6,8-12,22H,1,5,7,13-19H2,2H3,(H,28,32). The molecule has 2 amide bonds. The van der Waals surface area contributed by atoms with E-state index < -0.39 is 10.0 Å². The highest BCUT2D eigenvalue weighted by Gasteiger charge is 2.29. The molecule has 2 saturated heterocycles. The summed E-state index contributed by atoms with van der Waals surface area (Å²) in [6.45, 7) is 8.67. The van der Waals surface area contributed by atoms with Crippen LogP contribution in [0, 0.1) is 6.92 Å². The van der Waals surface area contributed by atoms with E-state index in [0.29, 0.717) is 64.1 Å². The van der Waals surface area contributed by atoms with Crippen LogP contribution in [0.15, 0.2) is 60.0 Å². The Morgan fingerprint density at radius 3 is 2.39 bits per heavy atom. The molecule has 2 aliphatic rings. The fourth-order valence-electron chi connectivity index (χ4n) is 4.66. The van der Waals surface area contributed by atoms with E-state index in [-0.39, 0.29) is 22.8 Å². The second-order valence-electron chi connectivity index (χ2n) is 9.19. The van der Waals surface area contributed by atoms with Crippen LogP contribution in [-0.2, 0) is 14.8 Å². The molecule has 9 nitrogen and oxygen atoms in total. The van der Waals surface area contributed by atoms with Gasteiger partial charge < -0.3 is 15.1 Å². The topological polar surface area (TPSA) is 103 Å². The summed E-state index contributed by atoms with van der Waals surface area (Å²) in [5, 5.41) is 2.86. The molecule has 0 saturated carbocycles. The third-order valence-electron chi connectivity index (χ3n) is 6.72. The van der Waals surface area contributed by atoms with Gasteiger partial charge in [0.25, 0.3) is 5.91 Å². The number of nitrogens with one attached hydrogen (secondary N) is 1. The molecule has 0 aliphatic carbocycles. The van der Waals surface area contributed by atoms with Gasteiger partial charge in [0.05, 0.1) is 4.90 Å². The lowest BCUT2D eigenvalue weighted by atomic mass is 10.1. The van der Waals surface area contributed by atoms with Gasteiger partial charge in [0.2, 0.25) is 15.9 Å². The fourth-order valence-corrected chi connectivity index (χ4v) is 6.15. The minimum Gasteiger partial charge on any atom is -0.353 e.